The molecule has 1 aliphatic carbocycles. The zero-order valence-corrected chi connectivity index (χ0v) is 11.0. The third kappa shape index (κ3) is 3.21. The summed E-state index contributed by atoms with van der Waals surface area (Å²) in [7, 11) is 0. The zero-order valence-electron chi connectivity index (χ0n) is 11.0. The molecule has 0 aromatic carbocycles. The van der Waals surface area contributed by atoms with Crippen molar-refractivity contribution in [3.63, 3.8) is 0 Å². The minimum atomic E-state index is 0.703. The second-order valence-electron chi connectivity index (χ2n) is 5.81. The maximum atomic E-state index is 3.59. The lowest BCUT2D eigenvalue weighted by atomic mass is 9.84. The molecular formula is C14H28N2. The molecule has 1 N–H and O–H groups in total. The Bertz CT molecular complexity index is 201. The van der Waals surface area contributed by atoms with Crippen LogP contribution in [-0.4, -0.2) is 37.1 Å². The van der Waals surface area contributed by atoms with E-state index in [4.69, 9.17) is 0 Å². The first-order valence-corrected chi connectivity index (χ1v) is 7.25. The highest BCUT2D eigenvalue weighted by atomic mass is 15.1. The van der Waals surface area contributed by atoms with Gasteiger partial charge in [-0.2, -0.15) is 0 Å². The van der Waals surface area contributed by atoms with Gasteiger partial charge in [-0.1, -0.05) is 13.3 Å². The Morgan fingerprint density at radius 2 is 2.06 bits per heavy atom. The zero-order chi connectivity index (χ0) is 11.4. The Hall–Kier alpha value is -0.0800. The summed E-state index contributed by atoms with van der Waals surface area (Å²) in [4.78, 5) is 2.73. The number of hydrogen-bond donors (Lipinski definition) is 1. The topological polar surface area (TPSA) is 15.3 Å². The fraction of sp³-hybridized carbons (Fsp3) is 1.00. The Kier molecular flexibility index (Phi) is 4.66. The van der Waals surface area contributed by atoms with Crippen LogP contribution >= 0.6 is 0 Å². The largest absolute Gasteiger partial charge is 0.314 e. The normalized spacial score (nSPS) is 30.0. The molecule has 2 nitrogen and oxygen atoms in total. The molecule has 1 saturated carbocycles. The number of hydrogen-bond acceptors (Lipinski definition) is 2. The number of piperidine rings is 1. The van der Waals surface area contributed by atoms with Crippen LogP contribution in [0.15, 0.2) is 0 Å². The van der Waals surface area contributed by atoms with Gasteiger partial charge in [0.2, 0.25) is 0 Å². The first-order valence-electron chi connectivity index (χ1n) is 7.25. The standard InChI is InChI=1S/C14H28N2/c1-3-15-12(2)14-8-5-9-16(11-14)10-13-6-4-7-13/h12-15H,3-11H2,1-2H3. The van der Waals surface area contributed by atoms with Crippen molar-refractivity contribution in [3.8, 4) is 0 Å². The van der Waals surface area contributed by atoms with E-state index in [-0.39, 0.29) is 0 Å². The Morgan fingerprint density at radius 3 is 2.69 bits per heavy atom. The van der Waals surface area contributed by atoms with E-state index < -0.39 is 0 Å². The minimum Gasteiger partial charge on any atom is -0.314 e. The van der Waals surface area contributed by atoms with Crippen LogP contribution in [0, 0.1) is 11.8 Å². The number of nitrogens with one attached hydrogen (secondary N) is 1. The van der Waals surface area contributed by atoms with Gasteiger partial charge >= 0.3 is 0 Å². The molecule has 1 saturated heterocycles. The molecule has 2 rings (SSSR count). The summed E-state index contributed by atoms with van der Waals surface area (Å²) in [6, 6.07) is 0.703. The summed E-state index contributed by atoms with van der Waals surface area (Å²) in [5.74, 6) is 1.92. The molecule has 2 unspecified atom stereocenters. The van der Waals surface area contributed by atoms with E-state index in [0.717, 1.165) is 18.4 Å². The molecule has 1 aliphatic heterocycles. The molecule has 1 heterocycles. The second-order valence-corrected chi connectivity index (χ2v) is 5.81. The highest BCUT2D eigenvalue weighted by Crippen LogP contribution is 2.29. The summed E-state index contributed by atoms with van der Waals surface area (Å²) in [5, 5.41) is 3.59. The van der Waals surface area contributed by atoms with Gasteiger partial charge in [-0.05, 0) is 57.5 Å². The Labute approximate surface area is 101 Å². The molecule has 0 amide bonds. The van der Waals surface area contributed by atoms with Gasteiger partial charge in [0.1, 0.15) is 0 Å². The molecule has 2 fully saturated rings. The molecular weight excluding hydrogens is 196 g/mol. The van der Waals surface area contributed by atoms with Gasteiger partial charge in [-0.25, -0.2) is 0 Å². The fourth-order valence-electron chi connectivity index (χ4n) is 3.19. The van der Waals surface area contributed by atoms with Gasteiger partial charge in [0.05, 0.1) is 0 Å². The summed E-state index contributed by atoms with van der Waals surface area (Å²) in [6.07, 6.45) is 7.30. The van der Waals surface area contributed by atoms with E-state index in [1.54, 1.807) is 0 Å². The highest BCUT2D eigenvalue weighted by Gasteiger charge is 2.27. The van der Waals surface area contributed by atoms with E-state index in [1.807, 2.05) is 0 Å². The third-order valence-corrected chi connectivity index (χ3v) is 4.52. The van der Waals surface area contributed by atoms with Gasteiger partial charge in [0.15, 0.2) is 0 Å². The smallest absolute Gasteiger partial charge is 0.00791 e. The molecule has 2 heteroatoms. The van der Waals surface area contributed by atoms with Crippen LogP contribution in [0.3, 0.4) is 0 Å². The second kappa shape index (κ2) is 6.02. The fourth-order valence-corrected chi connectivity index (χ4v) is 3.19. The first kappa shape index (κ1) is 12.4. The Balaban J connectivity index is 1.74. The Morgan fingerprint density at radius 1 is 1.25 bits per heavy atom. The quantitative estimate of drug-likeness (QED) is 0.772. The van der Waals surface area contributed by atoms with Crippen LogP contribution in [0.4, 0.5) is 0 Å². The molecule has 2 atom stereocenters. The van der Waals surface area contributed by atoms with Crippen LogP contribution in [-0.2, 0) is 0 Å². The monoisotopic (exact) mass is 224 g/mol. The molecule has 2 aliphatic rings. The average Bonchev–Trinajstić information content (AvgIpc) is 2.24. The van der Waals surface area contributed by atoms with E-state index in [2.05, 4.69) is 24.1 Å². The lowest BCUT2D eigenvalue weighted by Crippen LogP contribution is -2.46. The predicted octanol–water partition coefficient (Wildman–Crippen LogP) is 2.50. The summed E-state index contributed by atoms with van der Waals surface area (Å²) in [6.45, 7) is 9.76. The van der Waals surface area contributed by atoms with Crippen LogP contribution in [0.25, 0.3) is 0 Å². The molecule has 16 heavy (non-hydrogen) atoms. The average molecular weight is 224 g/mol. The van der Waals surface area contributed by atoms with Crippen molar-refractivity contribution in [1.82, 2.24) is 10.2 Å². The van der Waals surface area contributed by atoms with E-state index in [1.165, 1.54) is 51.7 Å². The third-order valence-electron chi connectivity index (χ3n) is 4.52. The first-order chi connectivity index (χ1) is 7.79. The minimum absolute atomic E-state index is 0.703. The molecule has 0 radical (unpaired) electrons. The van der Waals surface area contributed by atoms with E-state index in [0.29, 0.717) is 6.04 Å². The molecule has 0 spiro atoms. The lowest BCUT2D eigenvalue weighted by Gasteiger charge is -2.39. The van der Waals surface area contributed by atoms with Gasteiger partial charge < -0.3 is 10.2 Å². The van der Waals surface area contributed by atoms with Gasteiger partial charge in [-0.3, -0.25) is 0 Å². The number of nitrogens with zero attached hydrogens (tertiary/aromatic N) is 1. The van der Waals surface area contributed by atoms with Crippen molar-refractivity contribution in [3.05, 3.63) is 0 Å². The van der Waals surface area contributed by atoms with Crippen molar-refractivity contribution in [2.24, 2.45) is 11.8 Å². The van der Waals surface area contributed by atoms with Crippen molar-refractivity contribution in [2.75, 3.05) is 26.2 Å². The van der Waals surface area contributed by atoms with Crippen LogP contribution in [0.2, 0.25) is 0 Å². The molecule has 94 valence electrons. The predicted molar refractivity (Wildman–Crippen MR) is 69.6 cm³/mol. The molecule has 0 aromatic heterocycles. The molecule has 0 bridgehead atoms. The number of rotatable bonds is 5. The number of likely N-dealkylation sites (tertiary alicyclic amines) is 1. The van der Waals surface area contributed by atoms with Crippen LogP contribution in [0.5, 0.6) is 0 Å². The van der Waals surface area contributed by atoms with Crippen molar-refractivity contribution in [2.45, 2.75) is 52.0 Å². The van der Waals surface area contributed by atoms with Crippen molar-refractivity contribution >= 4 is 0 Å². The SMILES string of the molecule is CCNC(C)C1CCCN(CC2CCC2)C1. The van der Waals surface area contributed by atoms with Gasteiger partial charge in [0.25, 0.3) is 0 Å². The summed E-state index contributed by atoms with van der Waals surface area (Å²) in [5.41, 5.74) is 0. The lowest BCUT2D eigenvalue weighted by molar-refractivity contribution is 0.111. The maximum Gasteiger partial charge on any atom is 0.00791 e. The van der Waals surface area contributed by atoms with Gasteiger partial charge in [-0.15, -0.1) is 0 Å². The van der Waals surface area contributed by atoms with E-state index >= 15 is 0 Å². The highest BCUT2D eigenvalue weighted by molar-refractivity contribution is 4.82. The van der Waals surface area contributed by atoms with Gasteiger partial charge in [0, 0.05) is 19.1 Å². The van der Waals surface area contributed by atoms with Crippen LogP contribution < -0.4 is 5.32 Å². The van der Waals surface area contributed by atoms with E-state index in [9.17, 15) is 0 Å². The van der Waals surface area contributed by atoms with Crippen LogP contribution in [0.1, 0.15) is 46.0 Å². The van der Waals surface area contributed by atoms with Crippen molar-refractivity contribution < 1.29 is 0 Å². The molecule has 0 aromatic rings. The maximum absolute atomic E-state index is 3.59. The summed E-state index contributed by atoms with van der Waals surface area (Å²) < 4.78 is 0. The van der Waals surface area contributed by atoms with Crippen molar-refractivity contribution in [1.29, 1.82) is 0 Å². The summed E-state index contributed by atoms with van der Waals surface area (Å²) >= 11 is 0.